The number of aromatic nitrogens is 2. The molecule has 0 aliphatic rings. The van der Waals surface area contributed by atoms with Crippen LogP contribution in [0, 0.1) is 18.8 Å². The second kappa shape index (κ2) is 3.58. The van der Waals surface area contributed by atoms with Crippen molar-refractivity contribution in [3.8, 4) is 11.8 Å². The third kappa shape index (κ3) is 1.86. The van der Waals surface area contributed by atoms with Crippen molar-refractivity contribution in [3.05, 3.63) is 17.7 Å². The number of esters is 1. The molecule has 4 heteroatoms. The fraction of sp³-hybridized carbons (Fsp3) is 0.250. The lowest BCUT2D eigenvalue weighted by molar-refractivity contribution is -0.133. The topological polar surface area (TPSA) is 55.0 Å². The Morgan fingerprint density at radius 3 is 3.00 bits per heavy atom. The van der Waals surface area contributed by atoms with Crippen molar-refractivity contribution < 1.29 is 9.53 Å². The van der Waals surface area contributed by atoms with Crippen molar-refractivity contribution in [1.29, 1.82) is 0 Å². The molecule has 1 N–H and O–H groups in total. The normalized spacial score (nSPS) is 8.50. The number of aryl methyl sites for hydroxylation is 1. The second-order valence-corrected chi connectivity index (χ2v) is 2.12. The zero-order valence-corrected chi connectivity index (χ0v) is 6.84. The summed E-state index contributed by atoms with van der Waals surface area (Å²) in [6, 6.07) is 0. The zero-order chi connectivity index (χ0) is 8.97. The molecule has 0 saturated heterocycles. The molecule has 0 spiro atoms. The lowest BCUT2D eigenvalue weighted by Crippen LogP contribution is -1.94. The molecule has 0 saturated carbocycles. The fourth-order valence-corrected chi connectivity index (χ4v) is 0.646. The summed E-state index contributed by atoms with van der Waals surface area (Å²) in [7, 11) is 1.29. The maximum atomic E-state index is 10.6. The molecule has 1 aromatic rings. The number of nitrogens with zero attached hydrogens (tertiary/aromatic N) is 1. The Bertz CT molecular complexity index is 343. The van der Waals surface area contributed by atoms with Gasteiger partial charge in [-0.1, -0.05) is 0 Å². The van der Waals surface area contributed by atoms with Crippen molar-refractivity contribution >= 4 is 5.97 Å². The zero-order valence-electron chi connectivity index (χ0n) is 6.84. The van der Waals surface area contributed by atoms with Gasteiger partial charge in [-0.25, -0.2) is 9.78 Å². The number of hydrogen-bond donors (Lipinski definition) is 1. The molecule has 0 aliphatic heterocycles. The molecule has 0 amide bonds. The average molecular weight is 164 g/mol. The molecule has 0 atom stereocenters. The van der Waals surface area contributed by atoms with Gasteiger partial charge >= 0.3 is 5.97 Å². The van der Waals surface area contributed by atoms with Gasteiger partial charge in [0.1, 0.15) is 5.69 Å². The molecule has 1 rings (SSSR count). The minimum atomic E-state index is -0.558. The molecule has 62 valence electrons. The molecular formula is C8H8N2O2. The van der Waals surface area contributed by atoms with E-state index >= 15 is 0 Å². The van der Waals surface area contributed by atoms with Gasteiger partial charge in [-0.05, 0) is 12.8 Å². The Kier molecular flexibility index (Phi) is 2.49. The summed E-state index contributed by atoms with van der Waals surface area (Å²) in [5.74, 6) is 4.30. The summed E-state index contributed by atoms with van der Waals surface area (Å²) in [6.07, 6.45) is 1.52. The Labute approximate surface area is 70.0 Å². The standard InChI is InChI=1S/C8H8N2O2/c1-6-7(10-5-9-6)3-4-8(11)12-2/h5H,1-2H3,(H,9,10). The Hall–Kier alpha value is -1.76. The van der Waals surface area contributed by atoms with Crippen LogP contribution in [-0.2, 0) is 9.53 Å². The van der Waals surface area contributed by atoms with Crippen LogP contribution in [0.4, 0.5) is 0 Å². The predicted molar refractivity (Wildman–Crippen MR) is 42.2 cm³/mol. The smallest absolute Gasteiger partial charge is 0.384 e. The van der Waals surface area contributed by atoms with Gasteiger partial charge in [-0.15, -0.1) is 0 Å². The average Bonchev–Trinajstić information content (AvgIpc) is 2.47. The lowest BCUT2D eigenvalue weighted by atomic mass is 10.3. The summed E-state index contributed by atoms with van der Waals surface area (Å²) in [5, 5.41) is 0. The Balaban J connectivity index is 2.79. The maximum absolute atomic E-state index is 10.6. The van der Waals surface area contributed by atoms with Crippen LogP contribution < -0.4 is 0 Å². The van der Waals surface area contributed by atoms with Gasteiger partial charge in [0.25, 0.3) is 0 Å². The van der Waals surface area contributed by atoms with Crippen LogP contribution in [0.1, 0.15) is 11.4 Å². The molecular weight excluding hydrogens is 156 g/mol. The van der Waals surface area contributed by atoms with E-state index in [-0.39, 0.29) is 0 Å². The first-order valence-corrected chi connectivity index (χ1v) is 3.34. The monoisotopic (exact) mass is 164 g/mol. The van der Waals surface area contributed by atoms with Gasteiger partial charge in [0, 0.05) is 11.6 Å². The van der Waals surface area contributed by atoms with Crippen molar-refractivity contribution in [3.63, 3.8) is 0 Å². The van der Waals surface area contributed by atoms with E-state index in [0.29, 0.717) is 5.69 Å². The van der Waals surface area contributed by atoms with E-state index in [2.05, 4.69) is 26.5 Å². The third-order valence-electron chi connectivity index (χ3n) is 1.30. The van der Waals surface area contributed by atoms with Gasteiger partial charge < -0.3 is 9.72 Å². The molecule has 12 heavy (non-hydrogen) atoms. The molecule has 0 aliphatic carbocycles. The Morgan fingerprint density at radius 1 is 1.75 bits per heavy atom. The van der Waals surface area contributed by atoms with Crippen LogP contribution in [0.2, 0.25) is 0 Å². The van der Waals surface area contributed by atoms with Crippen LogP contribution in [0.3, 0.4) is 0 Å². The lowest BCUT2D eigenvalue weighted by Gasteiger charge is -1.84. The number of methoxy groups -OCH3 is 1. The van der Waals surface area contributed by atoms with Crippen molar-refractivity contribution in [2.45, 2.75) is 6.92 Å². The predicted octanol–water partition coefficient (Wildman–Crippen LogP) is 0.243. The van der Waals surface area contributed by atoms with E-state index in [0.717, 1.165) is 5.69 Å². The molecule has 0 radical (unpaired) electrons. The first kappa shape index (κ1) is 8.34. The van der Waals surface area contributed by atoms with E-state index < -0.39 is 5.97 Å². The molecule has 0 bridgehead atoms. The van der Waals surface area contributed by atoms with Gasteiger partial charge in [0.15, 0.2) is 0 Å². The van der Waals surface area contributed by atoms with Gasteiger partial charge in [-0.3, -0.25) is 0 Å². The molecule has 0 unspecified atom stereocenters. The van der Waals surface area contributed by atoms with E-state index in [9.17, 15) is 4.79 Å². The van der Waals surface area contributed by atoms with Crippen molar-refractivity contribution in [2.75, 3.05) is 7.11 Å². The molecule has 4 nitrogen and oxygen atoms in total. The summed E-state index contributed by atoms with van der Waals surface area (Å²) in [4.78, 5) is 17.3. The van der Waals surface area contributed by atoms with Crippen LogP contribution in [0.25, 0.3) is 0 Å². The number of aromatic amines is 1. The van der Waals surface area contributed by atoms with E-state index in [1.165, 1.54) is 13.4 Å². The SMILES string of the molecule is COC(=O)C#Cc1nc[nH]c1C. The fourth-order valence-electron chi connectivity index (χ4n) is 0.646. The number of H-pyrrole nitrogens is 1. The van der Waals surface area contributed by atoms with Gasteiger partial charge in [-0.2, -0.15) is 0 Å². The first-order chi connectivity index (χ1) is 5.74. The second-order valence-electron chi connectivity index (χ2n) is 2.12. The highest BCUT2D eigenvalue weighted by Crippen LogP contribution is 1.96. The summed E-state index contributed by atoms with van der Waals surface area (Å²) in [5.41, 5.74) is 1.41. The van der Waals surface area contributed by atoms with Crippen LogP contribution in [0.5, 0.6) is 0 Å². The number of imidazole rings is 1. The third-order valence-corrected chi connectivity index (χ3v) is 1.30. The quantitative estimate of drug-likeness (QED) is 0.441. The van der Waals surface area contributed by atoms with Crippen molar-refractivity contribution in [1.82, 2.24) is 9.97 Å². The number of ether oxygens (including phenoxy) is 1. The van der Waals surface area contributed by atoms with E-state index in [1.54, 1.807) is 0 Å². The van der Waals surface area contributed by atoms with Crippen molar-refractivity contribution in [2.24, 2.45) is 0 Å². The van der Waals surface area contributed by atoms with Crippen LogP contribution >= 0.6 is 0 Å². The highest BCUT2D eigenvalue weighted by atomic mass is 16.5. The highest BCUT2D eigenvalue weighted by Gasteiger charge is 1.95. The number of nitrogens with one attached hydrogen (secondary N) is 1. The van der Waals surface area contributed by atoms with Crippen LogP contribution in [-0.4, -0.2) is 23.0 Å². The van der Waals surface area contributed by atoms with Gasteiger partial charge in [0.2, 0.25) is 0 Å². The first-order valence-electron chi connectivity index (χ1n) is 3.34. The molecule has 1 aromatic heterocycles. The Morgan fingerprint density at radius 2 is 2.50 bits per heavy atom. The van der Waals surface area contributed by atoms with E-state index in [4.69, 9.17) is 0 Å². The minimum Gasteiger partial charge on any atom is -0.459 e. The highest BCUT2D eigenvalue weighted by molar-refractivity contribution is 5.88. The maximum Gasteiger partial charge on any atom is 0.384 e. The number of hydrogen-bond acceptors (Lipinski definition) is 3. The largest absolute Gasteiger partial charge is 0.459 e. The summed E-state index contributed by atoms with van der Waals surface area (Å²) >= 11 is 0. The summed E-state index contributed by atoms with van der Waals surface area (Å²) < 4.78 is 4.34. The van der Waals surface area contributed by atoms with Crippen LogP contribution in [0.15, 0.2) is 6.33 Å². The number of carbonyl (C=O) groups is 1. The van der Waals surface area contributed by atoms with E-state index in [1.807, 2.05) is 6.92 Å². The van der Waals surface area contributed by atoms with Gasteiger partial charge in [0.05, 0.1) is 13.4 Å². The molecule has 1 heterocycles. The number of rotatable bonds is 0. The minimum absolute atomic E-state index is 0.558. The summed E-state index contributed by atoms with van der Waals surface area (Å²) in [6.45, 7) is 1.83. The molecule has 0 aromatic carbocycles. The number of carbonyl (C=O) groups excluding carboxylic acids is 1. The molecule has 0 fully saturated rings.